The minimum Gasteiger partial charge on any atom is -0.480 e. The number of likely N-dealkylation sites (tertiary alicyclic amines) is 1. The number of carbonyl (C=O) groups is 2. The number of carboxylic acid groups (broad SMARTS) is 1. The van der Waals surface area contributed by atoms with Crippen molar-refractivity contribution >= 4 is 12.0 Å². The zero-order valence-corrected chi connectivity index (χ0v) is 10.8. The quantitative estimate of drug-likeness (QED) is 0.653. The molecule has 106 valence electrons. The van der Waals surface area contributed by atoms with Gasteiger partial charge in [0.1, 0.15) is 6.04 Å². The first-order valence-corrected chi connectivity index (χ1v) is 6.68. The van der Waals surface area contributed by atoms with E-state index >= 15 is 0 Å². The van der Waals surface area contributed by atoms with Gasteiger partial charge in [0, 0.05) is 19.5 Å². The number of carboxylic acids is 1. The van der Waals surface area contributed by atoms with Crippen molar-refractivity contribution in [3.8, 4) is 0 Å². The second kappa shape index (κ2) is 6.06. The second-order valence-corrected chi connectivity index (χ2v) is 5.23. The number of rotatable bonds is 3. The summed E-state index contributed by atoms with van der Waals surface area (Å²) in [5.74, 6) is -0.642. The normalized spacial score (nSPS) is 30.4. The molecule has 3 unspecified atom stereocenters. The number of allylic oxidation sites excluding steroid dienone is 2. The number of urea groups is 1. The molecule has 0 radical (unpaired) electrons. The van der Waals surface area contributed by atoms with Crippen molar-refractivity contribution in [2.75, 3.05) is 13.1 Å². The third-order valence-electron chi connectivity index (χ3n) is 3.74. The predicted molar refractivity (Wildman–Crippen MR) is 68.6 cm³/mol. The van der Waals surface area contributed by atoms with E-state index in [0.717, 1.165) is 19.3 Å². The highest BCUT2D eigenvalue weighted by molar-refractivity contribution is 5.83. The molecule has 2 aliphatic rings. The summed E-state index contributed by atoms with van der Waals surface area (Å²) in [5, 5.41) is 21.3. The summed E-state index contributed by atoms with van der Waals surface area (Å²) >= 11 is 0. The molecule has 2 rings (SSSR count). The fraction of sp³-hybridized carbons (Fsp3) is 0.692. The van der Waals surface area contributed by atoms with Gasteiger partial charge in [-0.15, -0.1) is 0 Å². The standard InChI is InChI=1S/C13H20N2O4/c16-10-6-11(12(17)18)15(8-10)13(19)14-7-9-4-2-1-3-5-9/h1-2,9-11,16H,3-8H2,(H,14,19)(H,17,18). The summed E-state index contributed by atoms with van der Waals surface area (Å²) in [6.45, 7) is 0.648. The van der Waals surface area contributed by atoms with E-state index in [1.54, 1.807) is 0 Å². The third-order valence-corrected chi connectivity index (χ3v) is 3.74. The highest BCUT2D eigenvalue weighted by Gasteiger charge is 2.38. The highest BCUT2D eigenvalue weighted by Crippen LogP contribution is 2.19. The number of aliphatic hydroxyl groups is 1. The van der Waals surface area contributed by atoms with Gasteiger partial charge in [0.25, 0.3) is 0 Å². The average molecular weight is 268 g/mol. The van der Waals surface area contributed by atoms with E-state index < -0.39 is 24.1 Å². The lowest BCUT2D eigenvalue weighted by atomic mass is 9.94. The molecular formula is C13H20N2O4. The van der Waals surface area contributed by atoms with E-state index in [9.17, 15) is 14.7 Å². The Labute approximate surface area is 112 Å². The number of nitrogens with zero attached hydrogens (tertiary/aromatic N) is 1. The van der Waals surface area contributed by atoms with Gasteiger partial charge in [0.2, 0.25) is 0 Å². The molecule has 0 spiro atoms. The average Bonchev–Trinajstić information content (AvgIpc) is 2.79. The first kappa shape index (κ1) is 13.9. The maximum atomic E-state index is 12.0. The van der Waals surface area contributed by atoms with Crippen LogP contribution in [0.3, 0.4) is 0 Å². The lowest BCUT2D eigenvalue weighted by Gasteiger charge is -2.24. The van der Waals surface area contributed by atoms with Gasteiger partial charge in [-0.1, -0.05) is 12.2 Å². The molecule has 1 heterocycles. The fourth-order valence-corrected chi connectivity index (χ4v) is 2.65. The van der Waals surface area contributed by atoms with E-state index in [4.69, 9.17) is 5.11 Å². The van der Waals surface area contributed by atoms with Crippen LogP contribution < -0.4 is 5.32 Å². The Hall–Kier alpha value is -1.56. The number of aliphatic carboxylic acids is 1. The molecule has 6 nitrogen and oxygen atoms in total. The van der Waals surface area contributed by atoms with Crippen LogP contribution >= 0.6 is 0 Å². The summed E-state index contributed by atoms with van der Waals surface area (Å²) < 4.78 is 0. The van der Waals surface area contributed by atoms with Crippen LogP contribution in [0.15, 0.2) is 12.2 Å². The maximum Gasteiger partial charge on any atom is 0.326 e. The largest absolute Gasteiger partial charge is 0.480 e. The number of hydrogen-bond acceptors (Lipinski definition) is 3. The van der Waals surface area contributed by atoms with Crippen molar-refractivity contribution in [3.05, 3.63) is 12.2 Å². The second-order valence-electron chi connectivity index (χ2n) is 5.23. The van der Waals surface area contributed by atoms with E-state index in [1.165, 1.54) is 4.90 Å². The molecule has 6 heteroatoms. The SMILES string of the molecule is O=C(O)C1CC(O)CN1C(=O)NCC1CC=CCC1. The third kappa shape index (κ3) is 3.47. The number of nitrogens with one attached hydrogen (secondary N) is 1. The van der Waals surface area contributed by atoms with Crippen LogP contribution in [0.5, 0.6) is 0 Å². The summed E-state index contributed by atoms with van der Waals surface area (Å²) in [6.07, 6.45) is 6.63. The Morgan fingerprint density at radius 1 is 1.37 bits per heavy atom. The summed E-state index contributed by atoms with van der Waals surface area (Å²) in [7, 11) is 0. The van der Waals surface area contributed by atoms with Crippen molar-refractivity contribution in [1.29, 1.82) is 0 Å². The van der Waals surface area contributed by atoms with E-state index in [2.05, 4.69) is 17.5 Å². The van der Waals surface area contributed by atoms with Gasteiger partial charge >= 0.3 is 12.0 Å². The highest BCUT2D eigenvalue weighted by atomic mass is 16.4. The molecule has 0 bridgehead atoms. The van der Waals surface area contributed by atoms with Crippen molar-refractivity contribution in [2.24, 2.45) is 5.92 Å². The molecule has 19 heavy (non-hydrogen) atoms. The van der Waals surface area contributed by atoms with Crippen molar-refractivity contribution in [3.63, 3.8) is 0 Å². The Morgan fingerprint density at radius 2 is 2.16 bits per heavy atom. The zero-order valence-electron chi connectivity index (χ0n) is 10.8. The van der Waals surface area contributed by atoms with Crippen LogP contribution in [0, 0.1) is 5.92 Å². The number of carbonyl (C=O) groups excluding carboxylic acids is 1. The minimum atomic E-state index is -1.06. The van der Waals surface area contributed by atoms with Crippen LogP contribution in [0.2, 0.25) is 0 Å². The molecule has 3 atom stereocenters. The smallest absolute Gasteiger partial charge is 0.326 e. The Bertz CT molecular complexity index is 383. The molecule has 1 fully saturated rings. The summed E-state index contributed by atoms with van der Waals surface area (Å²) in [4.78, 5) is 24.2. The number of β-amino-alcohol motifs (C(OH)–C–C–N with tert-alkyl or cyclic N) is 1. The number of aliphatic hydroxyl groups excluding tert-OH is 1. The van der Waals surface area contributed by atoms with Gasteiger partial charge in [-0.3, -0.25) is 0 Å². The van der Waals surface area contributed by atoms with Crippen LogP contribution in [0.4, 0.5) is 4.79 Å². The Balaban J connectivity index is 1.84. The first-order valence-electron chi connectivity index (χ1n) is 6.68. The van der Waals surface area contributed by atoms with Gasteiger partial charge < -0.3 is 20.4 Å². The maximum absolute atomic E-state index is 12.0. The summed E-state index contributed by atoms with van der Waals surface area (Å²) in [6, 6.07) is -1.31. The Kier molecular flexibility index (Phi) is 4.42. The van der Waals surface area contributed by atoms with Crippen molar-refractivity contribution in [2.45, 2.75) is 37.8 Å². The first-order chi connectivity index (χ1) is 9.08. The topological polar surface area (TPSA) is 89.9 Å². The van der Waals surface area contributed by atoms with Crippen molar-refractivity contribution < 1.29 is 19.8 Å². The molecule has 0 aromatic carbocycles. The van der Waals surface area contributed by atoms with E-state index in [0.29, 0.717) is 12.5 Å². The monoisotopic (exact) mass is 268 g/mol. The summed E-state index contributed by atoms with van der Waals surface area (Å²) in [5.41, 5.74) is 0. The zero-order chi connectivity index (χ0) is 13.8. The van der Waals surface area contributed by atoms with Crippen LogP contribution in [-0.4, -0.2) is 52.3 Å². The molecule has 1 aliphatic carbocycles. The van der Waals surface area contributed by atoms with E-state index in [-0.39, 0.29) is 13.0 Å². The Morgan fingerprint density at radius 3 is 2.79 bits per heavy atom. The molecule has 0 aromatic rings. The van der Waals surface area contributed by atoms with Gasteiger partial charge in [0.15, 0.2) is 0 Å². The number of hydrogen-bond donors (Lipinski definition) is 3. The lowest BCUT2D eigenvalue weighted by molar-refractivity contribution is -0.141. The molecule has 1 aliphatic heterocycles. The van der Waals surface area contributed by atoms with Gasteiger partial charge in [-0.25, -0.2) is 9.59 Å². The van der Waals surface area contributed by atoms with Crippen molar-refractivity contribution in [1.82, 2.24) is 10.2 Å². The minimum absolute atomic E-state index is 0.0906. The van der Waals surface area contributed by atoms with Crippen LogP contribution in [0.25, 0.3) is 0 Å². The predicted octanol–water partition coefficient (Wildman–Crippen LogP) is 0.572. The molecule has 1 saturated heterocycles. The molecule has 0 saturated carbocycles. The van der Waals surface area contributed by atoms with E-state index in [1.807, 2.05) is 0 Å². The molecule has 2 amide bonds. The fourth-order valence-electron chi connectivity index (χ4n) is 2.65. The van der Waals surface area contributed by atoms with Gasteiger partial charge in [0.05, 0.1) is 6.10 Å². The van der Waals surface area contributed by atoms with Crippen LogP contribution in [-0.2, 0) is 4.79 Å². The molecule has 0 aromatic heterocycles. The van der Waals surface area contributed by atoms with Crippen LogP contribution in [0.1, 0.15) is 25.7 Å². The lowest BCUT2D eigenvalue weighted by Crippen LogP contribution is -2.47. The molecular weight excluding hydrogens is 248 g/mol. The molecule has 3 N–H and O–H groups in total. The van der Waals surface area contributed by atoms with Gasteiger partial charge in [-0.2, -0.15) is 0 Å². The van der Waals surface area contributed by atoms with Gasteiger partial charge in [-0.05, 0) is 25.2 Å². The number of amides is 2.